The fraction of sp³-hybridized carbons (Fsp3) is 0.579. The Kier molecular flexibility index (Phi) is 2.79. The lowest BCUT2D eigenvalue weighted by molar-refractivity contribution is -0.206. The number of likely N-dealkylation sites (tertiary alicyclic amines) is 1. The van der Waals surface area contributed by atoms with Gasteiger partial charge in [0.2, 0.25) is 0 Å². The molecule has 2 heterocycles. The summed E-state index contributed by atoms with van der Waals surface area (Å²) in [5.41, 5.74) is 0.518. The van der Waals surface area contributed by atoms with Crippen LogP contribution in [0.4, 0.5) is 0 Å². The van der Waals surface area contributed by atoms with Crippen molar-refractivity contribution in [1.29, 1.82) is 0 Å². The second-order valence-electron chi connectivity index (χ2n) is 7.74. The van der Waals surface area contributed by atoms with Crippen LogP contribution < -0.4 is 4.74 Å². The molecule has 1 saturated heterocycles. The minimum absolute atomic E-state index is 0.00848. The number of phenols is 1. The van der Waals surface area contributed by atoms with Gasteiger partial charge in [-0.15, -0.1) is 6.58 Å². The number of nitrogens with zero attached hydrogens (tertiary/aromatic N) is 1. The third kappa shape index (κ3) is 1.43. The molecule has 3 N–H and O–H groups in total. The Labute approximate surface area is 141 Å². The zero-order chi connectivity index (χ0) is 16.7. The number of ether oxygens (including phenoxy) is 1. The predicted octanol–water partition coefficient (Wildman–Crippen LogP) is 1.09. The maximum absolute atomic E-state index is 11.9. The topological polar surface area (TPSA) is 73.2 Å². The zero-order valence-corrected chi connectivity index (χ0v) is 13.6. The number of hydrogen-bond acceptors (Lipinski definition) is 5. The van der Waals surface area contributed by atoms with Gasteiger partial charge < -0.3 is 20.1 Å². The molecule has 5 nitrogen and oxygen atoms in total. The minimum atomic E-state index is -0.940. The Balaban J connectivity index is 1.78. The zero-order valence-electron chi connectivity index (χ0n) is 13.6. The van der Waals surface area contributed by atoms with Crippen LogP contribution in [0.3, 0.4) is 0 Å². The lowest BCUT2D eigenvalue weighted by Crippen LogP contribution is -2.77. The average molecular weight is 329 g/mol. The van der Waals surface area contributed by atoms with Crippen molar-refractivity contribution in [1.82, 2.24) is 4.90 Å². The van der Waals surface area contributed by atoms with Gasteiger partial charge in [0, 0.05) is 18.2 Å². The van der Waals surface area contributed by atoms with E-state index >= 15 is 0 Å². The van der Waals surface area contributed by atoms with Crippen molar-refractivity contribution in [2.45, 2.75) is 54.9 Å². The summed E-state index contributed by atoms with van der Waals surface area (Å²) in [7, 11) is 0. The molecule has 1 aromatic rings. The maximum Gasteiger partial charge on any atom is 0.165 e. The Morgan fingerprint density at radius 3 is 3.00 bits per heavy atom. The molecule has 2 aliphatic heterocycles. The van der Waals surface area contributed by atoms with E-state index in [0.717, 1.165) is 37.1 Å². The van der Waals surface area contributed by atoms with E-state index in [2.05, 4.69) is 11.5 Å². The molecule has 0 radical (unpaired) electrons. The Hall–Kier alpha value is -1.56. The van der Waals surface area contributed by atoms with E-state index in [1.807, 2.05) is 12.1 Å². The molecule has 2 bridgehead atoms. The molecule has 0 unspecified atom stereocenters. The van der Waals surface area contributed by atoms with Crippen molar-refractivity contribution in [2.75, 3.05) is 13.1 Å². The fourth-order valence-electron chi connectivity index (χ4n) is 5.99. The first-order valence-corrected chi connectivity index (χ1v) is 8.80. The smallest absolute Gasteiger partial charge is 0.165 e. The highest BCUT2D eigenvalue weighted by Crippen LogP contribution is 2.65. The van der Waals surface area contributed by atoms with Gasteiger partial charge in [-0.25, -0.2) is 0 Å². The van der Waals surface area contributed by atoms with Crippen LogP contribution in [0.2, 0.25) is 0 Å². The van der Waals surface area contributed by atoms with E-state index in [4.69, 9.17) is 4.74 Å². The second-order valence-corrected chi connectivity index (χ2v) is 7.74. The van der Waals surface area contributed by atoms with Crippen LogP contribution in [0.25, 0.3) is 0 Å². The van der Waals surface area contributed by atoms with Crippen molar-refractivity contribution < 1.29 is 20.1 Å². The molecule has 5 atom stereocenters. The second kappa shape index (κ2) is 4.54. The third-order valence-electron chi connectivity index (χ3n) is 6.91. The van der Waals surface area contributed by atoms with Crippen LogP contribution in [0.5, 0.6) is 11.5 Å². The van der Waals surface area contributed by atoms with Gasteiger partial charge in [-0.3, -0.25) is 4.90 Å². The van der Waals surface area contributed by atoms with E-state index in [1.54, 1.807) is 6.07 Å². The predicted molar refractivity (Wildman–Crippen MR) is 88.3 cm³/mol. The van der Waals surface area contributed by atoms with Crippen molar-refractivity contribution in [3.63, 3.8) is 0 Å². The molecular weight excluding hydrogens is 306 g/mol. The molecule has 1 aromatic carbocycles. The molecule has 0 amide bonds. The van der Waals surface area contributed by atoms with Crippen LogP contribution in [-0.2, 0) is 11.8 Å². The quantitative estimate of drug-likeness (QED) is 0.709. The summed E-state index contributed by atoms with van der Waals surface area (Å²) in [5.74, 6) is 0.589. The molecule has 0 aromatic heterocycles. The summed E-state index contributed by atoms with van der Waals surface area (Å²) < 4.78 is 6.08. The van der Waals surface area contributed by atoms with Gasteiger partial charge in [-0.2, -0.15) is 0 Å². The summed E-state index contributed by atoms with van der Waals surface area (Å²) in [6.07, 6.45) is 3.33. The number of aliphatic hydroxyl groups excluding tert-OH is 1. The molecular formula is C19H23NO4. The molecule has 1 spiro atoms. The summed E-state index contributed by atoms with van der Waals surface area (Å²) in [4.78, 5) is 2.31. The lowest BCUT2D eigenvalue weighted by atomic mass is 9.48. The van der Waals surface area contributed by atoms with E-state index in [9.17, 15) is 15.3 Å². The van der Waals surface area contributed by atoms with Crippen LogP contribution in [-0.4, -0.2) is 57.2 Å². The van der Waals surface area contributed by atoms with Crippen molar-refractivity contribution >= 4 is 0 Å². The highest BCUT2D eigenvalue weighted by atomic mass is 16.5. The van der Waals surface area contributed by atoms with Crippen molar-refractivity contribution in [3.8, 4) is 11.5 Å². The minimum Gasteiger partial charge on any atom is -0.504 e. The molecule has 5 rings (SSSR count). The number of phenolic OH excluding ortho intramolecular Hbond substituents is 1. The monoisotopic (exact) mass is 329 g/mol. The third-order valence-corrected chi connectivity index (χ3v) is 6.91. The highest BCUT2D eigenvalue weighted by molar-refractivity contribution is 5.62. The van der Waals surface area contributed by atoms with Crippen molar-refractivity contribution in [2.24, 2.45) is 0 Å². The lowest BCUT2D eigenvalue weighted by Gasteiger charge is -2.63. The van der Waals surface area contributed by atoms with Gasteiger partial charge in [0.1, 0.15) is 6.10 Å². The molecule has 24 heavy (non-hydrogen) atoms. The fourth-order valence-corrected chi connectivity index (χ4v) is 5.99. The SMILES string of the molecule is C=CCN1CC[C@]23c4c5ccc(O)c4O[C@H]2[C@H](O)CC[C@]3(O)[C@H]1C5. The van der Waals surface area contributed by atoms with Gasteiger partial charge in [0.05, 0.1) is 17.1 Å². The number of aromatic hydroxyl groups is 1. The first kappa shape index (κ1) is 14.8. The number of rotatable bonds is 2. The van der Waals surface area contributed by atoms with Gasteiger partial charge in [-0.05, 0) is 43.9 Å². The van der Waals surface area contributed by atoms with Crippen molar-refractivity contribution in [3.05, 3.63) is 35.9 Å². The van der Waals surface area contributed by atoms with Gasteiger partial charge in [0.15, 0.2) is 11.5 Å². The summed E-state index contributed by atoms with van der Waals surface area (Å²) in [6, 6.07) is 3.62. The summed E-state index contributed by atoms with van der Waals surface area (Å²) >= 11 is 0. The van der Waals surface area contributed by atoms with Gasteiger partial charge >= 0.3 is 0 Å². The summed E-state index contributed by atoms with van der Waals surface area (Å²) in [6.45, 7) is 5.44. The van der Waals surface area contributed by atoms with Gasteiger partial charge in [0.25, 0.3) is 0 Å². The van der Waals surface area contributed by atoms with E-state index in [1.165, 1.54) is 0 Å². The number of piperidine rings is 1. The first-order chi connectivity index (χ1) is 11.5. The highest BCUT2D eigenvalue weighted by Gasteiger charge is 2.72. The van der Waals surface area contributed by atoms with Crippen LogP contribution in [0, 0.1) is 0 Å². The molecule has 2 aliphatic carbocycles. The first-order valence-electron chi connectivity index (χ1n) is 8.80. The Bertz CT molecular complexity index is 734. The van der Waals surface area contributed by atoms with Crippen LogP contribution in [0.15, 0.2) is 24.8 Å². The maximum atomic E-state index is 11.9. The number of hydrogen-bond donors (Lipinski definition) is 3. The number of benzene rings is 1. The summed E-state index contributed by atoms with van der Waals surface area (Å²) in [5, 5.41) is 32.8. The van der Waals surface area contributed by atoms with Crippen LogP contribution >= 0.6 is 0 Å². The largest absolute Gasteiger partial charge is 0.504 e. The average Bonchev–Trinajstić information content (AvgIpc) is 2.91. The molecule has 5 heteroatoms. The van der Waals surface area contributed by atoms with E-state index < -0.39 is 23.2 Å². The Morgan fingerprint density at radius 2 is 2.21 bits per heavy atom. The normalized spacial score (nSPS) is 42.3. The molecule has 1 saturated carbocycles. The molecule has 4 aliphatic rings. The Morgan fingerprint density at radius 1 is 1.38 bits per heavy atom. The molecule has 128 valence electrons. The number of aliphatic hydroxyl groups is 2. The van der Waals surface area contributed by atoms with Gasteiger partial charge in [-0.1, -0.05) is 12.1 Å². The van der Waals surface area contributed by atoms with Crippen LogP contribution in [0.1, 0.15) is 30.4 Å². The standard InChI is InChI=1S/C19H23NO4/c1-2-8-20-9-7-18-15-11-3-4-12(21)16(15)24-17(18)13(22)5-6-19(18,23)14(20)10-11/h2-4,13-14,17,21-23H,1,5-10H2/t13-,14-,17+,18+,19+/m1/s1. The van der Waals surface area contributed by atoms with E-state index in [-0.39, 0.29) is 11.8 Å². The molecule has 2 fully saturated rings. The van der Waals surface area contributed by atoms with E-state index in [0.29, 0.717) is 18.6 Å².